The van der Waals surface area contributed by atoms with Crippen molar-refractivity contribution in [3.8, 4) is 0 Å². The Bertz CT molecular complexity index is 1120. The molecule has 31 heavy (non-hydrogen) atoms. The molecule has 3 aromatic rings. The van der Waals surface area contributed by atoms with Crippen molar-refractivity contribution in [2.75, 3.05) is 20.6 Å². The number of nitrogens with one attached hydrogen (secondary N) is 1. The van der Waals surface area contributed by atoms with Crippen LogP contribution in [0.15, 0.2) is 53.5 Å². The van der Waals surface area contributed by atoms with Crippen LogP contribution in [0, 0.1) is 17.8 Å². The molecule has 3 atom stereocenters. The van der Waals surface area contributed by atoms with Gasteiger partial charge in [-0.15, -0.1) is 0 Å². The van der Waals surface area contributed by atoms with E-state index >= 15 is 0 Å². The smallest absolute Gasteiger partial charge is 0.104 e. The highest BCUT2D eigenvalue weighted by atomic mass is 35.5. The van der Waals surface area contributed by atoms with E-state index in [1.54, 1.807) is 6.07 Å². The highest BCUT2D eigenvalue weighted by Crippen LogP contribution is 2.48. The van der Waals surface area contributed by atoms with E-state index in [0.717, 1.165) is 39.7 Å². The summed E-state index contributed by atoms with van der Waals surface area (Å²) in [5.41, 5.74) is 3.34. The summed E-state index contributed by atoms with van der Waals surface area (Å²) in [6.07, 6.45) is 5.82. The normalized spacial score (nSPS) is 23.7. The first kappa shape index (κ1) is 20.6. The van der Waals surface area contributed by atoms with E-state index in [4.69, 9.17) is 11.6 Å². The molecule has 0 radical (unpaired) electrons. The molecule has 2 aromatic carbocycles. The molecule has 2 aliphatic rings. The number of fused-ring (bicyclic) bond motifs is 3. The summed E-state index contributed by atoms with van der Waals surface area (Å²) < 4.78 is 1.01. The number of H-pyrrole nitrogens is 1. The van der Waals surface area contributed by atoms with Crippen LogP contribution < -0.4 is 5.11 Å². The molecule has 162 valence electrons. The fraction of sp³-hybridized carbons (Fsp3) is 0.423. The SMILES string of the molecule is C[N+](C)(Cc1ccc(N=C([O-])c2cc3cc(Cl)ccc3[nH]2)cc1)CC1CC2CCC1C2. The van der Waals surface area contributed by atoms with Gasteiger partial charge in [0.2, 0.25) is 0 Å². The van der Waals surface area contributed by atoms with Crippen LogP contribution in [0.1, 0.15) is 36.9 Å². The molecular weight excluding hydrogens is 406 g/mol. The number of aromatic amines is 1. The van der Waals surface area contributed by atoms with Gasteiger partial charge < -0.3 is 14.6 Å². The minimum Gasteiger partial charge on any atom is -0.857 e. The van der Waals surface area contributed by atoms with E-state index in [1.807, 2.05) is 30.3 Å². The van der Waals surface area contributed by atoms with Gasteiger partial charge in [0.05, 0.1) is 32.0 Å². The molecule has 4 nitrogen and oxygen atoms in total. The predicted octanol–water partition coefficient (Wildman–Crippen LogP) is 5.27. The summed E-state index contributed by atoms with van der Waals surface area (Å²) in [5, 5.41) is 14.2. The van der Waals surface area contributed by atoms with Crippen molar-refractivity contribution >= 4 is 34.1 Å². The zero-order valence-electron chi connectivity index (χ0n) is 18.3. The Morgan fingerprint density at radius 2 is 1.90 bits per heavy atom. The van der Waals surface area contributed by atoms with Gasteiger partial charge in [0.15, 0.2) is 0 Å². The first-order valence-corrected chi connectivity index (χ1v) is 11.7. The maximum Gasteiger partial charge on any atom is 0.104 e. The zero-order chi connectivity index (χ0) is 21.6. The monoisotopic (exact) mass is 435 g/mol. The number of rotatable bonds is 6. The number of aromatic nitrogens is 1. The van der Waals surface area contributed by atoms with Gasteiger partial charge in [-0.1, -0.05) is 30.2 Å². The number of hydrogen-bond acceptors (Lipinski definition) is 2. The second kappa shape index (κ2) is 7.99. The lowest BCUT2D eigenvalue weighted by Gasteiger charge is -2.35. The summed E-state index contributed by atoms with van der Waals surface area (Å²) in [7, 11) is 4.69. The quantitative estimate of drug-likeness (QED) is 0.320. The van der Waals surface area contributed by atoms with Gasteiger partial charge in [0.1, 0.15) is 6.54 Å². The van der Waals surface area contributed by atoms with E-state index in [2.05, 4.69) is 36.2 Å². The van der Waals surface area contributed by atoms with Crippen LogP contribution in [-0.2, 0) is 6.54 Å². The van der Waals surface area contributed by atoms with Gasteiger partial charge in [-0.2, -0.15) is 0 Å². The fourth-order valence-electron chi connectivity index (χ4n) is 5.87. The molecule has 0 aliphatic heterocycles. The van der Waals surface area contributed by atoms with E-state index < -0.39 is 0 Å². The van der Waals surface area contributed by atoms with Gasteiger partial charge in [0, 0.05) is 33.3 Å². The highest BCUT2D eigenvalue weighted by molar-refractivity contribution is 6.31. The summed E-state index contributed by atoms with van der Waals surface area (Å²) in [6, 6.07) is 15.4. The zero-order valence-corrected chi connectivity index (χ0v) is 19.0. The highest BCUT2D eigenvalue weighted by Gasteiger charge is 2.42. The van der Waals surface area contributed by atoms with Crippen molar-refractivity contribution in [2.45, 2.75) is 32.2 Å². The summed E-state index contributed by atoms with van der Waals surface area (Å²) in [4.78, 5) is 7.41. The number of quaternary nitrogens is 1. The molecular formula is C26H30ClN3O. The maximum absolute atomic E-state index is 12.6. The van der Waals surface area contributed by atoms with Crippen molar-refractivity contribution in [1.82, 2.24) is 4.98 Å². The number of halogens is 1. The average molecular weight is 436 g/mol. The van der Waals surface area contributed by atoms with E-state index in [-0.39, 0.29) is 5.90 Å². The topological polar surface area (TPSA) is 51.2 Å². The minimum absolute atomic E-state index is 0.271. The molecule has 1 heterocycles. The minimum atomic E-state index is -0.271. The third-order valence-corrected chi connectivity index (χ3v) is 7.44. The van der Waals surface area contributed by atoms with Gasteiger partial charge >= 0.3 is 0 Å². The number of aliphatic imine (C=N–C) groups is 1. The predicted molar refractivity (Wildman–Crippen MR) is 126 cm³/mol. The molecule has 1 N–H and O–H groups in total. The molecule has 3 unspecified atom stereocenters. The molecule has 0 saturated heterocycles. The lowest BCUT2D eigenvalue weighted by Crippen LogP contribution is -2.43. The van der Waals surface area contributed by atoms with Gasteiger partial charge in [-0.25, -0.2) is 0 Å². The van der Waals surface area contributed by atoms with Crippen molar-refractivity contribution in [3.05, 3.63) is 64.8 Å². The van der Waals surface area contributed by atoms with E-state index in [0.29, 0.717) is 16.4 Å². The molecule has 2 bridgehead atoms. The summed E-state index contributed by atoms with van der Waals surface area (Å²) >= 11 is 6.04. The molecule has 0 amide bonds. The Morgan fingerprint density at radius 3 is 2.61 bits per heavy atom. The molecule has 5 rings (SSSR count). The van der Waals surface area contributed by atoms with Crippen LogP contribution in [0.25, 0.3) is 10.9 Å². The Kier molecular flexibility index (Phi) is 5.31. The van der Waals surface area contributed by atoms with Crippen molar-refractivity contribution in [3.63, 3.8) is 0 Å². The standard InChI is InChI=1S/C26H30ClN3O/c1-30(2,16-21-12-18-3-6-19(21)11-18)15-17-4-8-23(9-5-17)28-26(31)25-14-20-13-22(27)7-10-24(20)29-25/h4-5,7-10,13-14,18-19,21H,3,6,11-12,15-16H2,1-2H3,(H-,28,29,31). The Morgan fingerprint density at radius 1 is 1.10 bits per heavy atom. The van der Waals surface area contributed by atoms with Crippen LogP contribution in [0.4, 0.5) is 5.69 Å². The van der Waals surface area contributed by atoms with Crippen molar-refractivity contribution < 1.29 is 9.59 Å². The lowest BCUT2D eigenvalue weighted by molar-refractivity contribution is -0.907. The van der Waals surface area contributed by atoms with Crippen molar-refractivity contribution in [1.29, 1.82) is 0 Å². The molecule has 2 aliphatic carbocycles. The number of nitrogens with zero attached hydrogens (tertiary/aromatic N) is 2. The Hall–Kier alpha value is -2.30. The summed E-state index contributed by atoms with van der Waals surface area (Å²) in [5.74, 6) is 2.59. The van der Waals surface area contributed by atoms with Crippen molar-refractivity contribution in [2.24, 2.45) is 22.7 Å². The van der Waals surface area contributed by atoms with Crippen LogP contribution in [-0.4, -0.2) is 36.0 Å². The van der Waals surface area contributed by atoms with Gasteiger partial charge in [-0.05, 0) is 67.5 Å². The number of hydrogen-bond donors (Lipinski definition) is 1. The van der Waals surface area contributed by atoms with Crippen LogP contribution in [0.5, 0.6) is 0 Å². The van der Waals surface area contributed by atoms with E-state index in [1.165, 1.54) is 37.8 Å². The second-order valence-corrected chi connectivity index (χ2v) is 10.6. The second-order valence-electron chi connectivity index (χ2n) is 10.2. The molecule has 2 saturated carbocycles. The Labute approximate surface area is 189 Å². The lowest BCUT2D eigenvalue weighted by atomic mass is 9.88. The number of benzene rings is 2. The molecule has 2 fully saturated rings. The maximum atomic E-state index is 12.6. The first-order valence-electron chi connectivity index (χ1n) is 11.3. The average Bonchev–Trinajstić information content (AvgIpc) is 3.43. The van der Waals surface area contributed by atoms with Crippen LogP contribution >= 0.6 is 11.6 Å². The van der Waals surface area contributed by atoms with Crippen LogP contribution in [0.2, 0.25) is 5.02 Å². The Balaban J connectivity index is 1.25. The molecule has 1 aromatic heterocycles. The van der Waals surface area contributed by atoms with Gasteiger partial charge in [-0.3, -0.25) is 4.99 Å². The van der Waals surface area contributed by atoms with E-state index in [9.17, 15) is 5.11 Å². The third-order valence-electron chi connectivity index (χ3n) is 7.20. The first-order chi connectivity index (χ1) is 14.8. The summed E-state index contributed by atoms with van der Waals surface area (Å²) in [6.45, 7) is 2.26. The van der Waals surface area contributed by atoms with Crippen LogP contribution in [0.3, 0.4) is 0 Å². The van der Waals surface area contributed by atoms with Gasteiger partial charge in [0.25, 0.3) is 0 Å². The molecule has 0 spiro atoms. The fourth-order valence-corrected chi connectivity index (χ4v) is 6.05. The molecule has 5 heteroatoms. The third kappa shape index (κ3) is 4.51. The largest absolute Gasteiger partial charge is 0.857 e.